The minimum atomic E-state index is 0.0986. The molecule has 0 atom stereocenters. The van der Waals surface area contributed by atoms with Crippen LogP contribution in [0.15, 0.2) is 36.4 Å². The molecule has 2 aliphatic heterocycles. The zero-order valence-electron chi connectivity index (χ0n) is 19.2. The van der Waals surface area contributed by atoms with Gasteiger partial charge in [-0.2, -0.15) is 5.26 Å². The largest absolute Gasteiger partial charge is 0.369 e. The molecule has 0 unspecified atom stereocenters. The maximum absolute atomic E-state index is 13.5. The van der Waals surface area contributed by atoms with Crippen molar-refractivity contribution in [1.82, 2.24) is 14.9 Å². The summed E-state index contributed by atoms with van der Waals surface area (Å²) in [6.07, 6.45) is 3.97. The van der Waals surface area contributed by atoms with Gasteiger partial charge in [0.15, 0.2) is 0 Å². The highest BCUT2D eigenvalue weighted by Crippen LogP contribution is 2.32. The van der Waals surface area contributed by atoms with Gasteiger partial charge in [-0.25, -0.2) is 4.98 Å². The Morgan fingerprint density at radius 1 is 1.12 bits per heavy atom. The van der Waals surface area contributed by atoms with Crippen molar-refractivity contribution in [2.75, 3.05) is 25.0 Å². The number of carbonyl (C=O) groups excluding carboxylic acids is 1. The van der Waals surface area contributed by atoms with Crippen LogP contribution in [0.25, 0.3) is 11.4 Å². The second-order valence-electron chi connectivity index (χ2n) is 9.23. The molecule has 1 saturated heterocycles. The normalized spacial score (nSPS) is 16.1. The van der Waals surface area contributed by atoms with Gasteiger partial charge in [-0.3, -0.25) is 4.79 Å². The van der Waals surface area contributed by atoms with E-state index >= 15 is 0 Å². The molecule has 2 N–H and O–H groups in total. The van der Waals surface area contributed by atoms with E-state index in [0.29, 0.717) is 11.5 Å². The summed E-state index contributed by atoms with van der Waals surface area (Å²) in [6, 6.07) is 14.2. The molecule has 6 heteroatoms. The molecule has 1 amide bonds. The highest BCUT2D eigenvalue weighted by molar-refractivity contribution is 5.97. The molecule has 1 aromatic heterocycles. The topological polar surface area (TPSA) is 84.8 Å². The fourth-order valence-electron chi connectivity index (χ4n) is 5.09. The highest BCUT2D eigenvalue weighted by Gasteiger charge is 2.26. The Balaban J connectivity index is 1.34. The summed E-state index contributed by atoms with van der Waals surface area (Å²) in [5.74, 6) is 2.30. The van der Waals surface area contributed by atoms with E-state index < -0.39 is 0 Å². The molecule has 0 aliphatic carbocycles. The van der Waals surface area contributed by atoms with Crippen LogP contribution < -0.4 is 5.32 Å². The summed E-state index contributed by atoms with van der Waals surface area (Å²) in [7, 11) is 0. The maximum atomic E-state index is 13.5. The number of nitrogens with one attached hydrogen (secondary N) is 2. The SMILES string of the molecule is Cc1cc(C)c(-c2nc3c([nH]2)CCCN3)cc1C(=O)N1CCC(c2ccc(C#N)cc2)CC1. The van der Waals surface area contributed by atoms with Crippen molar-refractivity contribution < 1.29 is 4.79 Å². The number of imidazole rings is 1. The molecular weight excluding hydrogens is 410 g/mol. The minimum absolute atomic E-state index is 0.0986. The first kappa shape index (κ1) is 21.3. The van der Waals surface area contributed by atoms with Gasteiger partial charge >= 0.3 is 0 Å². The van der Waals surface area contributed by atoms with E-state index in [0.717, 1.165) is 84.9 Å². The molecule has 3 heterocycles. The minimum Gasteiger partial charge on any atom is -0.369 e. The molecule has 0 spiro atoms. The van der Waals surface area contributed by atoms with E-state index in [-0.39, 0.29) is 5.91 Å². The number of anilines is 1. The number of benzene rings is 2. The van der Waals surface area contributed by atoms with E-state index in [1.807, 2.05) is 30.0 Å². The van der Waals surface area contributed by atoms with Crippen LogP contribution in [-0.2, 0) is 6.42 Å². The average Bonchev–Trinajstić information content (AvgIpc) is 3.28. The Kier molecular flexibility index (Phi) is 5.63. The lowest BCUT2D eigenvalue weighted by molar-refractivity contribution is 0.0712. The lowest BCUT2D eigenvalue weighted by atomic mass is 9.88. The number of hydrogen-bond donors (Lipinski definition) is 2. The molecule has 1 fully saturated rings. The van der Waals surface area contributed by atoms with E-state index in [1.165, 1.54) is 5.56 Å². The number of nitriles is 1. The molecule has 5 rings (SSSR count). The number of H-pyrrole nitrogens is 1. The van der Waals surface area contributed by atoms with Gasteiger partial charge in [-0.05, 0) is 80.3 Å². The van der Waals surface area contributed by atoms with Gasteiger partial charge in [0.25, 0.3) is 5.91 Å². The zero-order valence-corrected chi connectivity index (χ0v) is 19.2. The van der Waals surface area contributed by atoms with Gasteiger partial charge in [0.2, 0.25) is 0 Å². The third-order valence-corrected chi connectivity index (χ3v) is 7.02. The highest BCUT2D eigenvalue weighted by atomic mass is 16.2. The molecule has 33 heavy (non-hydrogen) atoms. The van der Waals surface area contributed by atoms with E-state index in [4.69, 9.17) is 10.2 Å². The Morgan fingerprint density at radius 2 is 1.88 bits per heavy atom. The second-order valence-corrected chi connectivity index (χ2v) is 9.23. The summed E-state index contributed by atoms with van der Waals surface area (Å²) in [5.41, 5.74) is 6.96. The van der Waals surface area contributed by atoms with Gasteiger partial charge in [0.1, 0.15) is 11.6 Å². The fraction of sp³-hybridized carbons (Fsp3) is 0.370. The molecule has 6 nitrogen and oxygen atoms in total. The first-order valence-electron chi connectivity index (χ1n) is 11.8. The Bertz CT molecular complexity index is 1200. The van der Waals surface area contributed by atoms with Crippen molar-refractivity contribution in [2.45, 2.75) is 45.4 Å². The molecular formula is C27H29N5O. The number of carbonyl (C=O) groups is 1. The van der Waals surface area contributed by atoms with Crippen molar-refractivity contribution in [3.63, 3.8) is 0 Å². The molecule has 0 saturated carbocycles. The summed E-state index contributed by atoms with van der Waals surface area (Å²) >= 11 is 0. The standard InChI is InChI=1S/C27H29N5O/c1-17-14-18(2)23(15-22(17)25-30-24-4-3-11-29-26(24)31-25)27(33)32-12-9-21(10-13-32)20-7-5-19(16-28)6-8-20/h5-8,14-15,21,29H,3-4,9-13H2,1-2H3,(H,30,31). The first-order valence-corrected chi connectivity index (χ1v) is 11.8. The van der Waals surface area contributed by atoms with Crippen LogP contribution in [0, 0.1) is 25.2 Å². The average molecular weight is 440 g/mol. The van der Waals surface area contributed by atoms with E-state index in [9.17, 15) is 4.79 Å². The van der Waals surface area contributed by atoms with Gasteiger partial charge in [-0.15, -0.1) is 0 Å². The van der Waals surface area contributed by atoms with Crippen molar-refractivity contribution in [1.29, 1.82) is 5.26 Å². The Hall–Kier alpha value is -3.59. The van der Waals surface area contributed by atoms with Crippen LogP contribution in [0.1, 0.15) is 63.5 Å². The number of fused-ring (bicyclic) bond motifs is 1. The van der Waals surface area contributed by atoms with Crippen molar-refractivity contribution in [3.05, 3.63) is 69.9 Å². The number of hydrogen-bond acceptors (Lipinski definition) is 4. The number of aromatic amines is 1. The smallest absolute Gasteiger partial charge is 0.254 e. The van der Waals surface area contributed by atoms with Gasteiger partial charge in [0, 0.05) is 30.8 Å². The predicted molar refractivity (Wildman–Crippen MR) is 129 cm³/mol. The number of nitrogens with zero attached hydrogens (tertiary/aromatic N) is 3. The number of amides is 1. The van der Waals surface area contributed by atoms with E-state index in [2.05, 4.69) is 41.5 Å². The quantitative estimate of drug-likeness (QED) is 0.605. The van der Waals surface area contributed by atoms with Crippen molar-refractivity contribution >= 4 is 11.7 Å². The predicted octanol–water partition coefficient (Wildman–Crippen LogP) is 4.94. The lowest BCUT2D eigenvalue weighted by Gasteiger charge is -2.32. The third-order valence-electron chi connectivity index (χ3n) is 7.02. The molecule has 0 radical (unpaired) electrons. The third kappa shape index (κ3) is 4.11. The Morgan fingerprint density at radius 3 is 2.58 bits per heavy atom. The Labute approximate surface area is 194 Å². The fourth-order valence-corrected chi connectivity index (χ4v) is 5.09. The number of piperidine rings is 1. The van der Waals surface area contributed by atoms with Crippen LogP contribution in [-0.4, -0.2) is 40.4 Å². The van der Waals surface area contributed by atoms with Crippen molar-refractivity contribution in [2.24, 2.45) is 0 Å². The van der Waals surface area contributed by atoms with Crippen molar-refractivity contribution in [3.8, 4) is 17.5 Å². The van der Waals surface area contributed by atoms with Gasteiger partial charge in [0.05, 0.1) is 17.3 Å². The molecule has 2 aliphatic rings. The van der Waals surface area contributed by atoms with Crippen LogP contribution >= 0.6 is 0 Å². The summed E-state index contributed by atoms with van der Waals surface area (Å²) in [5, 5.41) is 12.4. The number of rotatable bonds is 3. The summed E-state index contributed by atoms with van der Waals surface area (Å²) in [4.78, 5) is 23.7. The first-order chi connectivity index (χ1) is 16.0. The van der Waals surface area contributed by atoms with Gasteiger partial charge < -0.3 is 15.2 Å². The van der Waals surface area contributed by atoms with Crippen LogP contribution in [0.4, 0.5) is 5.82 Å². The number of aromatic nitrogens is 2. The maximum Gasteiger partial charge on any atom is 0.254 e. The van der Waals surface area contributed by atoms with Crippen LogP contribution in [0.3, 0.4) is 0 Å². The number of aryl methyl sites for hydroxylation is 3. The van der Waals surface area contributed by atoms with E-state index in [1.54, 1.807) is 0 Å². The zero-order chi connectivity index (χ0) is 22.9. The molecule has 168 valence electrons. The second kappa shape index (κ2) is 8.74. The summed E-state index contributed by atoms with van der Waals surface area (Å²) in [6.45, 7) is 6.53. The molecule has 2 aromatic carbocycles. The lowest BCUT2D eigenvalue weighted by Crippen LogP contribution is -2.38. The monoisotopic (exact) mass is 439 g/mol. The molecule has 0 bridgehead atoms. The number of likely N-dealkylation sites (tertiary alicyclic amines) is 1. The van der Waals surface area contributed by atoms with Gasteiger partial charge in [-0.1, -0.05) is 18.2 Å². The van der Waals surface area contributed by atoms with Crippen LogP contribution in [0.5, 0.6) is 0 Å². The van der Waals surface area contributed by atoms with Crippen LogP contribution in [0.2, 0.25) is 0 Å². The molecule has 3 aromatic rings. The summed E-state index contributed by atoms with van der Waals surface area (Å²) < 4.78 is 0.